The number of benzene rings is 1. The van der Waals surface area contributed by atoms with Gasteiger partial charge >= 0.3 is 0 Å². The molecule has 0 N–H and O–H groups in total. The third-order valence-corrected chi connectivity index (χ3v) is 3.97. The van der Waals surface area contributed by atoms with Crippen LogP contribution in [-0.2, 0) is 5.54 Å². The summed E-state index contributed by atoms with van der Waals surface area (Å²) < 4.78 is 2.25. The molecule has 2 aromatic heterocycles. The van der Waals surface area contributed by atoms with Gasteiger partial charge in [0.15, 0.2) is 0 Å². The topological polar surface area (TPSA) is 30.7 Å². The fourth-order valence-corrected chi connectivity index (χ4v) is 2.59. The van der Waals surface area contributed by atoms with Gasteiger partial charge < -0.3 is 4.57 Å². The van der Waals surface area contributed by atoms with Gasteiger partial charge in [0.1, 0.15) is 12.0 Å². The molecule has 0 saturated carbocycles. The summed E-state index contributed by atoms with van der Waals surface area (Å²) in [6, 6.07) is 12.7. The van der Waals surface area contributed by atoms with Gasteiger partial charge in [0.05, 0.1) is 5.54 Å². The van der Waals surface area contributed by atoms with Gasteiger partial charge in [-0.15, -0.1) is 0 Å². The van der Waals surface area contributed by atoms with E-state index in [0.717, 1.165) is 17.5 Å². The van der Waals surface area contributed by atoms with Gasteiger partial charge in [0, 0.05) is 17.8 Å². The second-order valence-corrected chi connectivity index (χ2v) is 4.98. The summed E-state index contributed by atoms with van der Waals surface area (Å²) in [5, 5.41) is 1.08. The standard InChI is InChI=1S/C16H17N3/c1-3-16(2,14-7-5-4-6-8-14)19-10-9-13-11-17-12-18-15(13)19/h4-12H,3H2,1-2H3. The lowest BCUT2D eigenvalue weighted by atomic mass is 9.89. The first-order valence-corrected chi connectivity index (χ1v) is 6.59. The molecule has 0 aliphatic heterocycles. The summed E-state index contributed by atoms with van der Waals surface area (Å²) in [7, 11) is 0. The average molecular weight is 251 g/mol. The van der Waals surface area contributed by atoms with Crippen molar-refractivity contribution in [2.75, 3.05) is 0 Å². The smallest absolute Gasteiger partial charge is 0.144 e. The van der Waals surface area contributed by atoms with E-state index in [-0.39, 0.29) is 5.54 Å². The number of rotatable bonds is 3. The second kappa shape index (κ2) is 4.50. The van der Waals surface area contributed by atoms with Crippen molar-refractivity contribution in [1.82, 2.24) is 14.5 Å². The van der Waals surface area contributed by atoms with E-state index in [2.05, 4.69) is 71.0 Å². The molecule has 0 bridgehead atoms. The summed E-state index contributed by atoms with van der Waals surface area (Å²) in [6.07, 6.45) is 6.58. The molecule has 1 aromatic carbocycles. The molecule has 96 valence electrons. The zero-order chi connectivity index (χ0) is 13.3. The molecule has 19 heavy (non-hydrogen) atoms. The van der Waals surface area contributed by atoms with Crippen LogP contribution in [0.1, 0.15) is 25.8 Å². The first-order chi connectivity index (χ1) is 9.25. The Bertz CT molecular complexity index is 687. The Kier molecular flexibility index (Phi) is 2.82. The Morgan fingerprint density at radius 2 is 1.95 bits per heavy atom. The fraction of sp³-hybridized carbons (Fsp3) is 0.250. The molecule has 0 radical (unpaired) electrons. The molecule has 0 spiro atoms. The predicted octanol–water partition coefficient (Wildman–Crippen LogP) is 3.60. The Morgan fingerprint density at radius 1 is 1.16 bits per heavy atom. The van der Waals surface area contributed by atoms with Crippen LogP contribution in [0, 0.1) is 0 Å². The summed E-state index contributed by atoms with van der Waals surface area (Å²) in [6.45, 7) is 4.46. The Morgan fingerprint density at radius 3 is 2.68 bits per heavy atom. The van der Waals surface area contributed by atoms with E-state index < -0.39 is 0 Å². The van der Waals surface area contributed by atoms with E-state index >= 15 is 0 Å². The molecule has 1 unspecified atom stereocenters. The largest absolute Gasteiger partial charge is 0.322 e. The van der Waals surface area contributed by atoms with Gasteiger partial charge in [-0.3, -0.25) is 0 Å². The number of nitrogens with zero attached hydrogens (tertiary/aromatic N) is 3. The highest BCUT2D eigenvalue weighted by molar-refractivity contribution is 5.75. The Hall–Kier alpha value is -2.16. The molecule has 3 rings (SSSR count). The first-order valence-electron chi connectivity index (χ1n) is 6.59. The third kappa shape index (κ3) is 1.82. The molecular weight excluding hydrogens is 234 g/mol. The van der Waals surface area contributed by atoms with Gasteiger partial charge in [-0.25, -0.2) is 9.97 Å². The van der Waals surface area contributed by atoms with Crippen LogP contribution in [0.4, 0.5) is 0 Å². The van der Waals surface area contributed by atoms with Crippen molar-refractivity contribution in [3.8, 4) is 0 Å². The molecule has 1 atom stereocenters. The second-order valence-electron chi connectivity index (χ2n) is 4.98. The van der Waals surface area contributed by atoms with Crippen LogP contribution < -0.4 is 0 Å². The average Bonchev–Trinajstić information content (AvgIpc) is 2.92. The van der Waals surface area contributed by atoms with E-state index in [1.54, 1.807) is 6.33 Å². The first kappa shape index (κ1) is 11.9. The van der Waals surface area contributed by atoms with Gasteiger partial charge in [0.25, 0.3) is 0 Å². The lowest BCUT2D eigenvalue weighted by Gasteiger charge is -2.31. The molecule has 3 nitrogen and oxygen atoms in total. The van der Waals surface area contributed by atoms with Crippen LogP contribution in [-0.4, -0.2) is 14.5 Å². The lowest BCUT2D eigenvalue weighted by molar-refractivity contribution is 0.389. The molecule has 0 amide bonds. The van der Waals surface area contributed by atoms with E-state index in [1.807, 2.05) is 6.20 Å². The van der Waals surface area contributed by atoms with Crippen molar-refractivity contribution in [3.63, 3.8) is 0 Å². The van der Waals surface area contributed by atoms with Crippen molar-refractivity contribution in [2.24, 2.45) is 0 Å². The highest BCUT2D eigenvalue weighted by Crippen LogP contribution is 2.32. The molecule has 0 saturated heterocycles. The maximum Gasteiger partial charge on any atom is 0.144 e. The van der Waals surface area contributed by atoms with Crippen molar-refractivity contribution >= 4 is 11.0 Å². The SMILES string of the molecule is CCC(C)(c1ccccc1)n1ccc2cncnc21. The minimum atomic E-state index is -0.0859. The summed E-state index contributed by atoms with van der Waals surface area (Å²) in [4.78, 5) is 8.51. The molecule has 2 heterocycles. The van der Waals surface area contributed by atoms with Gasteiger partial charge in [-0.05, 0) is 25.0 Å². The summed E-state index contributed by atoms with van der Waals surface area (Å²) in [5.74, 6) is 0. The quantitative estimate of drug-likeness (QED) is 0.712. The Balaban J connectivity index is 2.22. The van der Waals surface area contributed by atoms with E-state index in [0.29, 0.717) is 0 Å². The lowest BCUT2D eigenvalue weighted by Crippen LogP contribution is -2.30. The zero-order valence-electron chi connectivity index (χ0n) is 11.2. The Labute approximate surface area is 112 Å². The highest BCUT2D eigenvalue weighted by Gasteiger charge is 2.27. The minimum Gasteiger partial charge on any atom is -0.322 e. The van der Waals surface area contributed by atoms with Gasteiger partial charge in [-0.1, -0.05) is 37.3 Å². The van der Waals surface area contributed by atoms with E-state index in [9.17, 15) is 0 Å². The van der Waals surface area contributed by atoms with Gasteiger partial charge in [0.2, 0.25) is 0 Å². The maximum atomic E-state index is 4.43. The normalized spacial score (nSPS) is 14.4. The monoisotopic (exact) mass is 251 g/mol. The van der Waals surface area contributed by atoms with Crippen molar-refractivity contribution in [2.45, 2.75) is 25.8 Å². The summed E-state index contributed by atoms with van der Waals surface area (Å²) >= 11 is 0. The molecule has 3 aromatic rings. The van der Waals surface area contributed by atoms with Crippen LogP contribution >= 0.6 is 0 Å². The van der Waals surface area contributed by atoms with Crippen LogP contribution in [0.3, 0.4) is 0 Å². The molecule has 0 fully saturated rings. The van der Waals surface area contributed by atoms with Crippen LogP contribution in [0.2, 0.25) is 0 Å². The van der Waals surface area contributed by atoms with E-state index in [4.69, 9.17) is 0 Å². The number of hydrogen-bond acceptors (Lipinski definition) is 2. The third-order valence-electron chi connectivity index (χ3n) is 3.97. The van der Waals surface area contributed by atoms with Crippen LogP contribution in [0.5, 0.6) is 0 Å². The molecule has 3 heteroatoms. The van der Waals surface area contributed by atoms with E-state index in [1.165, 1.54) is 5.56 Å². The van der Waals surface area contributed by atoms with Crippen LogP contribution in [0.25, 0.3) is 11.0 Å². The summed E-state index contributed by atoms with van der Waals surface area (Å²) in [5.41, 5.74) is 2.20. The predicted molar refractivity (Wildman–Crippen MR) is 77.0 cm³/mol. The number of aromatic nitrogens is 3. The molecule has 0 aliphatic carbocycles. The van der Waals surface area contributed by atoms with Crippen molar-refractivity contribution in [1.29, 1.82) is 0 Å². The highest BCUT2D eigenvalue weighted by atomic mass is 15.1. The van der Waals surface area contributed by atoms with Crippen molar-refractivity contribution in [3.05, 3.63) is 60.7 Å². The number of fused-ring (bicyclic) bond motifs is 1. The van der Waals surface area contributed by atoms with Crippen LogP contribution in [0.15, 0.2) is 55.1 Å². The van der Waals surface area contributed by atoms with Gasteiger partial charge in [-0.2, -0.15) is 0 Å². The zero-order valence-corrected chi connectivity index (χ0v) is 11.2. The molecule has 0 aliphatic rings. The number of hydrogen-bond donors (Lipinski definition) is 0. The van der Waals surface area contributed by atoms with Crippen molar-refractivity contribution < 1.29 is 0 Å². The molecular formula is C16H17N3. The fourth-order valence-electron chi connectivity index (χ4n) is 2.59. The minimum absolute atomic E-state index is 0.0859. The maximum absolute atomic E-state index is 4.43.